The molecule has 122 valence electrons. The van der Waals surface area contributed by atoms with E-state index in [9.17, 15) is 0 Å². The van der Waals surface area contributed by atoms with E-state index in [1.165, 1.54) is 23.6 Å². The number of aromatic nitrogens is 1. The van der Waals surface area contributed by atoms with Crippen LogP contribution in [0, 0.1) is 5.92 Å². The molecular weight excluding hydrogens is 292 g/mol. The van der Waals surface area contributed by atoms with E-state index in [0.717, 1.165) is 25.9 Å². The van der Waals surface area contributed by atoms with Gasteiger partial charge in [-0.2, -0.15) is 11.8 Å². The molecule has 3 heterocycles. The van der Waals surface area contributed by atoms with Crippen LogP contribution in [0.1, 0.15) is 51.3 Å². The fourth-order valence-electron chi connectivity index (χ4n) is 3.65. The Bertz CT molecular complexity index is 459. The second kappa shape index (κ2) is 7.33. The minimum Gasteiger partial charge on any atom is -0.374 e. The maximum Gasteiger partial charge on any atom is 0.0795 e. The van der Waals surface area contributed by atoms with E-state index in [0.29, 0.717) is 18.0 Å². The quantitative estimate of drug-likeness (QED) is 0.894. The first-order valence-electron chi connectivity index (χ1n) is 8.56. The van der Waals surface area contributed by atoms with Crippen LogP contribution >= 0.6 is 11.8 Å². The van der Waals surface area contributed by atoms with Crippen LogP contribution in [0.2, 0.25) is 0 Å². The van der Waals surface area contributed by atoms with Gasteiger partial charge in [0.25, 0.3) is 0 Å². The fourth-order valence-corrected chi connectivity index (χ4v) is 5.02. The van der Waals surface area contributed by atoms with Crippen LogP contribution < -0.4 is 5.32 Å². The Morgan fingerprint density at radius 3 is 3.05 bits per heavy atom. The maximum atomic E-state index is 6.15. The number of thioether (sulfide) groups is 1. The molecule has 0 unspecified atom stereocenters. The van der Waals surface area contributed by atoms with E-state index in [1.54, 1.807) is 0 Å². The molecular formula is C18H28N2OS. The Morgan fingerprint density at radius 1 is 1.45 bits per heavy atom. The first-order chi connectivity index (χ1) is 10.7. The zero-order valence-corrected chi connectivity index (χ0v) is 14.6. The lowest BCUT2D eigenvalue weighted by Gasteiger charge is -2.39. The molecule has 3 rings (SSSR count). The van der Waals surface area contributed by atoms with Crippen molar-refractivity contribution in [3.63, 3.8) is 0 Å². The number of pyridine rings is 1. The first-order valence-corrected chi connectivity index (χ1v) is 9.71. The van der Waals surface area contributed by atoms with Crippen molar-refractivity contribution in [1.29, 1.82) is 0 Å². The third-order valence-electron chi connectivity index (χ3n) is 4.75. The largest absolute Gasteiger partial charge is 0.374 e. The zero-order chi connectivity index (χ0) is 15.4. The first kappa shape index (κ1) is 16.3. The van der Waals surface area contributed by atoms with Crippen molar-refractivity contribution in [3.05, 3.63) is 30.1 Å². The number of rotatable bonds is 5. The van der Waals surface area contributed by atoms with Gasteiger partial charge in [-0.05, 0) is 49.5 Å². The number of hydrogen-bond acceptors (Lipinski definition) is 4. The molecule has 0 aromatic carbocycles. The van der Waals surface area contributed by atoms with E-state index in [-0.39, 0.29) is 5.60 Å². The van der Waals surface area contributed by atoms with Crippen LogP contribution in [0.3, 0.4) is 0 Å². The van der Waals surface area contributed by atoms with Crippen molar-refractivity contribution in [2.24, 2.45) is 5.92 Å². The summed E-state index contributed by atoms with van der Waals surface area (Å²) in [5.74, 6) is 3.08. The number of ether oxygens (including phenoxy) is 1. The number of hydrogen-bond donors (Lipinski definition) is 1. The van der Waals surface area contributed by atoms with Crippen molar-refractivity contribution in [1.82, 2.24) is 10.3 Å². The Hall–Kier alpha value is -0.580. The molecule has 3 atom stereocenters. The molecule has 0 saturated carbocycles. The predicted molar refractivity (Wildman–Crippen MR) is 93.2 cm³/mol. The molecule has 22 heavy (non-hydrogen) atoms. The molecule has 0 amide bonds. The summed E-state index contributed by atoms with van der Waals surface area (Å²) >= 11 is 2.04. The van der Waals surface area contributed by atoms with Gasteiger partial charge in [0.2, 0.25) is 0 Å². The van der Waals surface area contributed by atoms with Crippen molar-refractivity contribution >= 4 is 11.8 Å². The molecule has 1 aromatic rings. The molecule has 0 aliphatic carbocycles. The molecule has 2 saturated heterocycles. The van der Waals surface area contributed by atoms with Crippen molar-refractivity contribution in [2.75, 3.05) is 18.1 Å². The highest BCUT2D eigenvalue weighted by Gasteiger charge is 2.40. The summed E-state index contributed by atoms with van der Waals surface area (Å²) in [6.07, 6.45) is 6.53. The second-order valence-corrected chi connectivity index (χ2v) is 8.23. The average molecular weight is 321 g/mol. The second-order valence-electron chi connectivity index (χ2n) is 7.13. The lowest BCUT2D eigenvalue weighted by Crippen LogP contribution is -2.48. The molecule has 2 aliphatic heterocycles. The van der Waals surface area contributed by atoms with Gasteiger partial charge in [-0.15, -0.1) is 0 Å². The third-order valence-corrected chi connectivity index (χ3v) is 5.97. The summed E-state index contributed by atoms with van der Waals surface area (Å²) in [5.41, 5.74) is 1.32. The summed E-state index contributed by atoms with van der Waals surface area (Å²) in [6, 6.07) is 7.15. The highest BCUT2D eigenvalue weighted by atomic mass is 32.2. The van der Waals surface area contributed by atoms with Crippen molar-refractivity contribution in [3.8, 4) is 0 Å². The molecule has 0 bridgehead atoms. The van der Waals surface area contributed by atoms with Gasteiger partial charge in [0.15, 0.2) is 0 Å². The Balaban J connectivity index is 1.67. The Morgan fingerprint density at radius 2 is 2.36 bits per heavy atom. The number of nitrogens with zero attached hydrogens (tertiary/aromatic N) is 1. The summed E-state index contributed by atoms with van der Waals surface area (Å²) in [4.78, 5) is 4.59. The van der Waals surface area contributed by atoms with Gasteiger partial charge in [-0.25, -0.2) is 0 Å². The fraction of sp³-hybridized carbons (Fsp3) is 0.722. The summed E-state index contributed by atoms with van der Waals surface area (Å²) in [6.45, 7) is 5.47. The van der Waals surface area contributed by atoms with Gasteiger partial charge in [-0.1, -0.05) is 19.9 Å². The maximum absolute atomic E-state index is 6.15. The van der Waals surface area contributed by atoms with E-state index in [1.807, 2.05) is 24.0 Å². The standard InChI is InChI=1S/C18H28N2OS/c1-14(2)11-17(16-5-3-4-8-19-16)20-15-6-9-21-18(12-15)7-10-22-13-18/h3-5,8,14-15,17,20H,6-7,9-13H2,1-2H3/t15-,17+,18+/m1/s1. The number of nitrogens with one attached hydrogen (secondary N) is 1. The monoisotopic (exact) mass is 320 g/mol. The summed E-state index contributed by atoms with van der Waals surface area (Å²) in [5, 5.41) is 3.90. The lowest BCUT2D eigenvalue weighted by atomic mass is 9.88. The smallest absolute Gasteiger partial charge is 0.0795 e. The van der Waals surface area contributed by atoms with E-state index in [2.05, 4.69) is 36.3 Å². The van der Waals surface area contributed by atoms with Crippen LogP contribution in [-0.4, -0.2) is 34.7 Å². The Labute approximate surface area is 138 Å². The van der Waals surface area contributed by atoms with Crippen LogP contribution in [0.5, 0.6) is 0 Å². The van der Waals surface area contributed by atoms with Gasteiger partial charge in [0, 0.05) is 30.6 Å². The topological polar surface area (TPSA) is 34.1 Å². The van der Waals surface area contributed by atoms with E-state index in [4.69, 9.17) is 4.74 Å². The van der Waals surface area contributed by atoms with Gasteiger partial charge in [-0.3, -0.25) is 4.98 Å². The summed E-state index contributed by atoms with van der Waals surface area (Å²) < 4.78 is 6.15. The minimum absolute atomic E-state index is 0.146. The van der Waals surface area contributed by atoms with Crippen molar-refractivity contribution in [2.45, 2.75) is 57.2 Å². The highest BCUT2D eigenvalue weighted by Crippen LogP contribution is 2.39. The highest BCUT2D eigenvalue weighted by molar-refractivity contribution is 7.99. The average Bonchev–Trinajstić information content (AvgIpc) is 2.95. The summed E-state index contributed by atoms with van der Waals surface area (Å²) in [7, 11) is 0. The van der Waals surface area contributed by atoms with Gasteiger partial charge < -0.3 is 10.1 Å². The van der Waals surface area contributed by atoms with Gasteiger partial charge in [0.1, 0.15) is 0 Å². The normalized spacial score (nSPS) is 30.0. The lowest BCUT2D eigenvalue weighted by molar-refractivity contribution is -0.0717. The molecule has 4 heteroatoms. The molecule has 2 fully saturated rings. The van der Waals surface area contributed by atoms with Gasteiger partial charge >= 0.3 is 0 Å². The predicted octanol–water partition coefficient (Wildman–Crippen LogP) is 3.81. The molecule has 0 radical (unpaired) electrons. The van der Waals surface area contributed by atoms with Crippen LogP contribution in [0.4, 0.5) is 0 Å². The van der Waals surface area contributed by atoms with Crippen LogP contribution in [0.15, 0.2) is 24.4 Å². The molecule has 2 aliphatic rings. The Kier molecular flexibility index (Phi) is 5.42. The molecule has 3 nitrogen and oxygen atoms in total. The third kappa shape index (κ3) is 4.03. The minimum atomic E-state index is 0.146. The van der Waals surface area contributed by atoms with Crippen molar-refractivity contribution < 1.29 is 4.74 Å². The molecule has 1 N–H and O–H groups in total. The molecule has 1 spiro atoms. The van der Waals surface area contributed by atoms with Gasteiger partial charge in [0.05, 0.1) is 11.3 Å². The SMILES string of the molecule is CC(C)C[C@H](N[C@@H]1CCO[C@@]2(CCSC2)C1)c1ccccn1. The van der Waals surface area contributed by atoms with E-state index >= 15 is 0 Å². The molecule has 1 aromatic heterocycles. The van der Waals surface area contributed by atoms with Crippen LogP contribution in [0.25, 0.3) is 0 Å². The zero-order valence-electron chi connectivity index (χ0n) is 13.8. The van der Waals surface area contributed by atoms with E-state index < -0.39 is 0 Å². The van der Waals surface area contributed by atoms with Crippen LogP contribution in [-0.2, 0) is 4.74 Å².